The van der Waals surface area contributed by atoms with E-state index in [2.05, 4.69) is 5.32 Å². The average Bonchev–Trinajstić information content (AvgIpc) is 2.93. The van der Waals surface area contributed by atoms with Crippen molar-refractivity contribution in [2.45, 2.75) is 50.7 Å². The number of amides is 2. The number of benzene rings is 3. The van der Waals surface area contributed by atoms with Gasteiger partial charge in [0.25, 0.3) is 10.0 Å². The number of hydrogen-bond acceptors (Lipinski definition) is 4. The summed E-state index contributed by atoms with van der Waals surface area (Å²) in [5.74, 6) is -1.06. The van der Waals surface area contributed by atoms with Gasteiger partial charge in [0.15, 0.2) is 0 Å². The van der Waals surface area contributed by atoms with E-state index in [1.807, 2.05) is 13.8 Å². The molecule has 0 unspecified atom stereocenters. The highest BCUT2D eigenvalue weighted by Crippen LogP contribution is 2.31. The number of carbonyl (C=O) groups excluding carboxylic acids is 2. The van der Waals surface area contributed by atoms with Crippen molar-refractivity contribution in [3.05, 3.63) is 92.4 Å². The Hall–Kier alpha value is -2.49. The van der Waals surface area contributed by atoms with Crippen molar-refractivity contribution in [3.63, 3.8) is 0 Å². The molecule has 0 aromatic heterocycles. The Kier molecular flexibility index (Phi) is 11.1. The van der Waals surface area contributed by atoms with Crippen molar-refractivity contribution in [2.24, 2.45) is 0 Å². The van der Waals surface area contributed by atoms with Crippen LogP contribution in [0.2, 0.25) is 20.1 Å². The summed E-state index contributed by atoms with van der Waals surface area (Å²) < 4.78 is 28.5. The molecule has 0 fully saturated rings. The Labute approximate surface area is 255 Å². The lowest BCUT2D eigenvalue weighted by atomic mass is 10.1. The molecule has 7 nitrogen and oxygen atoms in total. The Balaban J connectivity index is 2.08. The van der Waals surface area contributed by atoms with Gasteiger partial charge >= 0.3 is 0 Å². The van der Waals surface area contributed by atoms with E-state index in [0.717, 1.165) is 4.31 Å². The number of anilines is 1. The van der Waals surface area contributed by atoms with Gasteiger partial charge in [-0.05, 0) is 62.7 Å². The normalized spacial score (nSPS) is 12.9. The predicted molar refractivity (Wildman–Crippen MR) is 162 cm³/mol. The van der Waals surface area contributed by atoms with Crippen LogP contribution in [-0.4, -0.2) is 43.8 Å². The van der Waals surface area contributed by atoms with Crippen molar-refractivity contribution in [3.8, 4) is 0 Å². The van der Waals surface area contributed by atoms with Crippen LogP contribution < -0.4 is 9.62 Å². The number of rotatable bonds is 11. The second kappa shape index (κ2) is 13.9. The van der Waals surface area contributed by atoms with Gasteiger partial charge in [-0.1, -0.05) is 77.6 Å². The van der Waals surface area contributed by atoms with E-state index >= 15 is 0 Å². The molecule has 0 saturated heterocycles. The maximum Gasteiger partial charge on any atom is 0.264 e. The fraction of sp³-hybridized carbons (Fsp3) is 0.286. The molecular weight excluding hydrogens is 616 g/mol. The van der Waals surface area contributed by atoms with Crippen molar-refractivity contribution >= 4 is 73.9 Å². The molecule has 0 spiro atoms. The van der Waals surface area contributed by atoms with Crippen LogP contribution in [0, 0.1) is 0 Å². The number of halogens is 4. The molecule has 0 bridgehead atoms. The molecule has 214 valence electrons. The van der Waals surface area contributed by atoms with Gasteiger partial charge in [0.2, 0.25) is 11.8 Å². The van der Waals surface area contributed by atoms with Crippen LogP contribution >= 0.6 is 46.4 Å². The fourth-order valence-electron chi connectivity index (χ4n) is 3.79. The van der Waals surface area contributed by atoms with Crippen LogP contribution in [0.25, 0.3) is 0 Å². The predicted octanol–water partition coefficient (Wildman–Crippen LogP) is 6.83. The Morgan fingerprint density at radius 2 is 1.48 bits per heavy atom. The van der Waals surface area contributed by atoms with E-state index in [-0.39, 0.29) is 33.2 Å². The first-order valence-corrected chi connectivity index (χ1v) is 15.4. The number of carbonyl (C=O) groups is 2. The standard InChI is InChI=1S/C28H29Cl4N3O4S/c1-4-18(2)33-28(37)19(3)34(16-22-23(29)11-8-12-24(22)30)27(36)17-35(20-13-14-25(31)26(32)15-20)40(38,39)21-9-6-5-7-10-21/h5-15,18-19H,4,16-17H2,1-3H3,(H,33,37)/t18-,19-/m0/s1. The van der Waals surface area contributed by atoms with E-state index in [4.69, 9.17) is 46.4 Å². The second-order valence-corrected chi connectivity index (χ2v) is 12.6. The molecule has 0 aliphatic rings. The van der Waals surface area contributed by atoms with Crippen LogP contribution in [0.15, 0.2) is 71.6 Å². The van der Waals surface area contributed by atoms with Gasteiger partial charge in [-0.15, -0.1) is 0 Å². The van der Waals surface area contributed by atoms with E-state index in [1.165, 1.54) is 35.2 Å². The zero-order valence-corrected chi connectivity index (χ0v) is 25.9. The Morgan fingerprint density at radius 3 is 2.05 bits per heavy atom. The third kappa shape index (κ3) is 7.62. The molecule has 40 heavy (non-hydrogen) atoms. The summed E-state index contributed by atoms with van der Waals surface area (Å²) >= 11 is 25.1. The smallest absolute Gasteiger partial charge is 0.264 e. The molecule has 0 radical (unpaired) electrons. The van der Waals surface area contributed by atoms with Gasteiger partial charge in [0.05, 0.1) is 20.6 Å². The second-order valence-electron chi connectivity index (χ2n) is 9.14. The summed E-state index contributed by atoms with van der Waals surface area (Å²) in [6.07, 6.45) is 0.684. The molecule has 0 aliphatic heterocycles. The van der Waals surface area contributed by atoms with Crippen molar-refractivity contribution in [1.82, 2.24) is 10.2 Å². The SMILES string of the molecule is CC[C@H](C)NC(=O)[C@H](C)N(Cc1c(Cl)cccc1Cl)C(=O)CN(c1ccc(Cl)c(Cl)c1)S(=O)(=O)c1ccccc1. The summed E-state index contributed by atoms with van der Waals surface area (Å²) in [7, 11) is -4.24. The zero-order chi connectivity index (χ0) is 29.6. The first-order valence-electron chi connectivity index (χ1n) is 12.4. The molecule has 3 aromatic rings. The van der Waals surface area contributed by atoms with Crippen molar-refractivity contribution in [1.29, 1.82) is 0 Å². The minimum absolute atomic E-state index is 0.0304. The number of nitrogens with one attached hydrogen (secondary N) is 1. The van der Waals surface area contributed by atoms with Crippen LogP contribution in [0.5, 0.6) is 0 Å². The van der Waals surface area contributed by atoms with Gasteiger partial charge in [0, 0.05) is 28.2 Å². The molecular formula is C28H29Cl4N3O4S. The molecule has 1 N–H and O–H groups in total. The first kappa shape index (κ1) is 32.0. The molecule has 12 heteroatoms. The third-order valence-corrected chi connectivity index (χ3v) is 9.60. The molecule has 2 atom stereocenters. The van der Waals surface area contributed by atoms with Crippen molar-refractivity contribution < 1.29 is 18.0 Å². The summed E-state index contributed by atoms with van der Waals surface area (Å²) in [5, 5.41) is 3.81. The number of nitrogens with zero attached hydrogens (tertiary/aromatic N) is 2. The van der Waals surface area contributed by atoms with E-state index in [0.29, 0.717) is 22.0 Å². The van der Waals surface area contributed by atoms with Crippen LogP contribution in [-0.2, 0) is 26.2 Å². The van der Waals surface area contributed by atoms with Gasteiger partial charge in [-0.2, -0.15) is 0 Å². The molecule has 0 saturated carbocycles. The maximum absolute atomic E-state index is 14.0. The molecule has 2 amide bonds. The monoisotopic (exact) mass is 643 g/mol. The lowest BCUT2D eigenvalue weighted by Crippen LogP contribution is -2.52. The summed E-state index contributed by atoms with van der Waals surface area (Å²) in [5.41, 5.74) is 0.549. The summed E-state index contributed by atoms with van der Waals surface area (Å²) in [6.45, 7) is 4.56. The minimum atomic E-state index is -4.24. The summed E-state index contributed by atoms with van der Waals surface area (Å²) in [6, 6.07) is 15.7. The minimum Gasteiger partial charge on any atom is -0.352 e. The van der Waals surface area contributed by atoms with E-state index < -0.39 is 34.4 Å². The van der Waals surface area contributed by atoms with Gasteiger partial charge in [0.1, 0.15) is 12.6 Å². The lowest BCUT2D eigenvalue weighted by Gasteiger charge is -2.33. The average molecular weight is 645 g/mol. The number of hydrogen-bond donors (Lipinski definition) is 1. The van der Waals surface area contributed by atoms with Crippen molar-refractivity contribution in [2.75, 3.05) is 10.8 Å². The first-order chi connectivity index (χ1) is 18.9. The van der Waals surface area contributed by atoms with Crippen LogP contribution in [0.1, 0.15) is 32.8 Å². The molecule has 0 aliphatic carbocycles. The van der Waals surface area contributed by atoms with Crippen LogP contribution in [0.4, 0.5) is 5.69 Å². The lowest BCUT2D eigenvalue weighted by molar-refractivity contribution is -0.139. The van der Waals surface area contributed by atoms with E-state index in [9.17, 15) is 18.0 Å². The van der Waals surface area contributed by atoms with E-state index in [1.54, 1.807) is 43.3 Å². The Bertz CT molecular complexity index is 1450. The van der Waals surface area contributed by atoms with Gasteiger partial charge < -0.3 is 10.2 Å². The molecule has 3 aromatic carbocycles. The summed E-state index contributed by atoms with van der Waals surface area (Å²) in [4.78, 5) is 28.3. The highest BCUT2D eigenvalue weighted by atomic mass is 35.5. The molecule has 3 rings (SSSR count). The fourth-order valence-corrected chi connectivity index (χ4v) is 6.03. The van der Waals surface area contributed by atoms with Gasteiger partial charge in [-0.3, -0.25) is 13.9 Å². The largest absolute Gasteiger partial charge is 0.352 e. The molecule has 0 heterocycles. The number of sulfonamides is 1. The zero-order valence-electron chi connectivity index (χ0n) is 22.1. The topological polar surface area (TPSA) is 86.8 Å². The quantitative estimate of drug-likeness (QED) is 0.248. The highest BCUT2D eigenvalue weighted by molar-refractivity contribution is 7.92. The van der Waals surface area contributed by atoms with Crippen LogP contribution in [0.3, 0.4) is 0 Å². The van der Waals surface area contributed by atoms with Gasteiger partial charge in [-0.25, -0.2) is 8.42 Å². The highest BCUT2D eigenvalue weighted by Gasteiger charge is 2.33. The maximum atomic E-state index is 14.0. The Morgan fingerprint density at radius 1 is 0.850 bits per heavy atom. The third-order valence-electron chi connectivity index (χ3n) is 6.36.